The summed E-state index contributed by atoms with van der Waals surface area (Å²) in [6.07, 6.45) is 5.99. The molecule has 2 aliphatic rings. The SMILES string of the molecule is COc1ccc(S(=O)(=O)N2CCN([C@H](C)c3nc(OC4CCCCC4)c4ccccc4n3)CC2)cc1. The van der Waals surface area contributed by atoms with Gasteiger partial charge in [-0.15, -0.1) is 0 Å². The van der Waals surface area contributed by atoms with Gasteiger partial charge in [0.15, 0.2) is 0 Å². The molecule has 1 saturated carbocycles. The Morgan fingerprint density at radius 2 is 1.61 bits per heavy atom. The zero-order valence-corrected chi connectivity index (χ0v) is 21.8. The molecular weight excluding hydrogens is 476 g/mol. The minimum atomic E-state index is -3.55. The van der Waals surface area contributed by atoms with Crippen molar-refractivity contribution in [3.05, 3.63) is 54.4 Å². The van der Waals surface area contributed by atoms with Gasteiger partial charge < -0.3 is 9.47 Å². The van der Waals surface area contributed by atoms with Gasteiger partial charge in [-0.2, -0.15) is 9.29 Å². The number of ether oxygens (including phenoxy) is 2. The molecule has 2 aromatic carbocycles. The average Bonchev–Trinajstić information content (AvgIpc) is 2.93. The summed E-state index contributed by atoms with van der Waals surface area (Å²) in [6, 6.07) is 14.5. The maximum Gasteiger partial charge on any atom is 0.243 e. The van der Waals surface area contributed by atoms with Gasteiger partial charge in [0.1, 0.15) is 17.7 Å². The second-order valence-electron chi connectivity index (χ2n) is 9.57. The summed E-state index contributed by atoms with van der Waals surface area (Å²) in [5, 5.41) is 0.939. The Kier molecular flexibility index (Phi) is 7.41. The number of aromatic nitrogens is 2. The Balaban J connectivity index is 1.31. The van der Waals surface area contributed by atoms with E-state index in [0.29, 0.717) is 43.6 Å². The number of methoxy groups -OCH3 is 1. The molecule has 192 valence electrons. The average molecular weight is 511 g/mol. The number of nitrogens with zero attached hydrogens (tertiary/aromatic N) is 4. The van der Waals surface area contributed by atoms with Gasteiger partial charge in [0.05, 0.1) is 29.0 Å². The molecule has 3 aromatic rings. The van der Waals surface area contributed by atoms with E-state index in [1.165, 1.54) is 19.3 Å². The van der Waals surface area contributed by atoms with Gasteiger partial charge in [0, 0.05) is 26.2 Å². The second kappa shape index (κ2) is 10.7. The van der Waals surface area contributed by atoms with Crippen molar-refractivity contribution in [3.63, 3.8) is 0 Å². The van der Waals surface area contributed by atoms with E-state index >= 15 is 0 Å². The van der Waals surface area contributed by atoms with Crippen molar-refractivity contribution >= 4 is 20.9 Å². The molecule has 0 radical (unpaired) electrons. The van der Waals surface area contributed by atoms with Gasteiger partial charge in [-0.3, -0.25) is 4.90 Å². The lowest BCUT2D eigenvalue weighted by Gasteiger charge is -2.37. The van der Waals surface area contributed by atoms with Crippen molar-refractivity contribution in [3.8, 4) is 11.6 Å². The largest absolute Gasteiger partial charge is 0.497 e. The number of benzene rings is 2. The van der Waals surface area contributed by atoms with Crippen molar-refractivity contribution in [2.24, 2.45) is 0 Å². The number of hydrogen-bond acceptors (Lipinski definition) is 7. The van der Waals surface area contributed by atoms with Crippen LogP contribution in [0.3, 0.4) is 0 Å². The van der Waals surface area contributed by atoms with Crippen LogP contribution in [-0.2, 0) is 10.0 Å². The highest BCUT2D eigenvalue weighted by Gasteiger charge is 2.31. The smallest absolute Gasteiger partial charge is 0.243 e. The molecule has 0 spiro atoms. The third kappa shape index (κ3) is 5.19. The van der Waals surface area contributed by atoms with E-state index in [-0.39, 0.29) is 17.0 Å². The molecule has 0 N–H and O–H groups in total. The minimum Gasteiger partial charge on any atom is -0.497 e. The monoisotopic (exact) mass is 510 g/mol. The van der Waals surface area contributed by atoms with Crippen LogP contribution in [0.1, 0.15) is 50.9 Å². The molecule has 1 aromatic heterocycles. The summed E-state index contributed by atoms with van der Waals surface area (Å²) in [4.78, 5) is 12.3. The predicted molar refractivity (Wildman–Crippen MR) is 139 cm³/mol. The normalized spacial score (nSPS) is 19.3. The Morgan fingerprint density at radius 1 is 0.917 bits per heavy atom. The summed E-state index contributed by atoms with van der Waals surface area (Å²) in [5.74, 6) is 2.01. The summed E-state index contributed by atoms with van der Waals surface area (Å²) in [6.45, 7) is 4.12. The van der Waals surface area contributed by atoms with E-state index in [9.17, 15) is 8.42 Å². The van der Waals surface area contributed by atoms with Crippen LogP contribution in [0.2, 0.25) is 0 Å². The topological polar surface area (TPSA) is 84.9 Å². The van der Waals surface area contributed by atoms with Gasteiger partial charge in [0.2, 0.25) is 15.9 Å². The highest BCUT2D eigenvalue weighted by molar-refractivity contribution is 7.89. The van der Waals surface area contributed by atoms with E-state index in [1.807, 2.05) is 24.3 Å². The predicted octanol–water partition coefficient (Wildman–Crippen LogP) is 4.42. The molecule has 5 rings (SSSR count). The van der Waals surface area contributed by atoms with E-state index in [4.69, 9.17) is 19.4 Å². The fourth-order valence-electron chi connectivity index (χ4n) is 5.07. The molecule has 1 aliphatic carbocycles. The summed E-state index contributed by atoms with van der Waals surface area (Å²) < 4.78 is 39.4. The van der Waals surface area contributed by atoms with Gasteiger partial charge in [0.25, 0.3) is 0 Å². The van der Waals surface area contributed by atoms with Crippen LogP contribution in [0, 0.1) is 0 Å². The maximum absolute atomic E-state index is 13.1. The zero-order chi connectivity index (χ0) is 25.1. The Morgan fingerprint density at radius 3 is 2.31 bits per heavy atom. The summed E-state index contributed by atoms with van der Waals surface area (Å²) in [7, 11) is -1.99. The van der Waals surface area contributed by atoms with Crippen molar-refractivity contribution in [2.45, 2.75) is 56.1 Å². The van der Waals surface area contributed by atoms with Crippen molar-refractivity contribution in [1.29, 1.82) is 0 Å². The molecule has 1 aliphatic heterocycles. The molecule has 36 heavy (non-hydrogen) atoms. The van der Waals surface area contributed by atoms with Crippen LogP contribution in [0.4, 0.5) is 0 Å². The second-order valence-corrected chi connectivity index (χ2v) is 11.5. The number of piperazine rings is 1. The van der Waals surface area contributed by atoms with Crippen molar-refractivity contribution < 1.29 is 17.9 Å². The van der Waals surface area contributed by atoms with Gasteiger partial charge in [-0.05, 0) is 69.0 Å². The van der Waals surface area contributed by atoms with E-state index < -0.39 is 10.0 Å². The number of sulfonamides is 1. The molecule has 0 bridgehead atoms. The number of rotatable bonds is 7. The summed E-state index contributed by atoms with van der Waals surface area (Å²) >= 11 is 0. The Hall–Kier alpha value is -2.75. The molecule has 1 atom stereocenters. The fraction of sp³-hybridized carbons (Fsp3) is 0.481. The van der Waals surface area contributed by atoms with Crippen molar-refractivity contribution in [2.75, 3.05) is 33.3 Å². The van der Waals surface area contributed by atoms with E-state index in [2.05, 4.69) is 11.8 Å². The highest BCUT2D eigenvalue weighted by atomic mass is 32.2. The number of fused-ring (bicyclic) bond motifs is 1. The van der Waals surface area contributed by atoms with E-state index in [1.54, 1.807) is 35.7 Å². The molecule has 9 heteroatoms. The third-order valence-corrected chi connectivity index (χ3v) is 9.22. The molecule has 0 unspecified atom stereocenters. The van der Waals surface area contributed by atoms with E-state index in [0.717, 1.165) is 23.7 Å². The van der Waals surface area contributed by atoms with Crippen LogP contribution >= 0.6 is 0 Å². The van der Waals surface area contributed by atoms with Gasteiger partial charge in [-0.1, -0.05) is 18.6 Å². The van der Waals surface area contributed by atoms with Crippen LogP contribution in [-0.4, -0.2) is 67.0 Å². The van der Waals surface area contributed by atoms with Gasteiger partial charge in [-0.25, -0.2) is 13.4 Å². The highest BCUT2D eigenvalue weighted by Crippen LogP contribution is 2.30. The van der Waals surface area contributed by atoms with Crippen LogP contribution < -0.4 is 9.47 Å². The molecule has 8 nitrogen and oxygen atoms in total. The molecule has 2 heterocycles. The first-order valence-corrected chi connectivity index (χ1v) is 14.2. The third-order valence-electron chi connectivity index (χ3n) is 7.31. The fourth-order valence-corrected chi connectivity index (χ4v) is 6.50. The standard InChI is InChI=1S/C27H34N4O4S/c1-20(30-16-18-31(19-17-30)36(32,33)23-14-12-21(34-2)13-15-23)26-28-25-11-7-6-10-24(25)27(29-26)35-22-8-4-3-5-9-22/h6-7,10-15,20,22H,3-5,8-9,16-19H2,1-2H3/t20-/m1/s1. The lowest BCUT2D eigenvalue weighted by atomic mass is 9.98. The first kappa shape index (κ1) is 24.9. The van der Waals surface area contributed by atoms with Gasteiger partial charge >= 0.3 is 0 Å². The first-order chi connectivity index (χ1) is 17.5. The quantitative estimate of drug-likeness (QED) is 0.465. The molecule has 0 amide bonds. The number of para-hydroxylation sites is 1. The first-order valence-electron chi connectivity index (χ1n) is 12.8. The molecular formula is C27H34N4O4S. The minimum absolute atomic E-state index is 0.0610. The molecule has 2 fully saturated rings. The summed E-state index contributed by atoms with van der Waals surface area (Å²) in [5.41, 5.74) is 0.876. The zero-order valence-electron chi connectivity index (χ0n) is 21.0. The Labute approximate surface area is 213 Å². The number of hydrogen-bond donors (Lipinski definition) is 0. The molecule has 1 saturated heterocycles. The van der Waals surface area contributed by atoms with Crippen LogP contribution in [0.25, 0.3) is 10.9 Å². The Bertz CT molecular complexity index is 1280. The van der Waals surface area contributed by atoms with Crippen LogP contribution in [0.15, 0.2) is 53.4 Å². The lowest BCUT2D eigenvalue weighted by molar-refractivity contribution is 0.135. The van der Waals surface area contributed by atoms with Crippen LogP contribution in [0.5, 0.6) is 11.6 Å². The maximum atomic E-state index is 13.1. The lowest BCUT2D eigenvalue weighted by Crippen LogP contribution is -2.49. The van der Waals surface area contributed by atoms with Crippen molar-refractivity contribution in [1.82, 2.24) is 19.2 Å².